The second-order valence-electron chi connectivity index (χ2n) is 6.54. The average Bonchev–Trinajstić information content (AvgIpc) is 3.15. The van der Waals surface area contributed by atoms with Gasteiger partial charge in [0.15, 0.2) is 0 Å². The van der Waals surface area contributed by atoms with Crippen LogP contribution < -0.4 is 5.32 Å². The van der Waals surface area contributed by atoms with E-state index in [9.17, 15) is 24.9 Å². The molecule has 23 heavy (non-hydrogen) atoms. The first kappa shape index (κ1) is 16.0. The van der Waals surface area contributed by atoms with E-state index in [1.165, 1.54) is 0 Å². The van der Waals surface area contributed by atoms with E-state index in [0.717, 1.165) is 6.42 Å². The van der Waals surface area contributed by atoms with Crippen molar-refractivity contribution in [2.75, 3.05) is 6.61 Å². The highest BCUT2D eigenvalue weighted by Gasteiger charge is 2.65. The van der Waals surface area contributed by atoms with E-state index in [-0.39, 0.29) is 11.8 Å². The number of rotatable bonds is 5. The largest absolute Gasteiger partial charge is 0.479 e. The summed E-state index contributed by atoms with van der Waals surface area (Å²) in [5.41, 5.74) is -1.13. The Hall–Kier alpha value is -1.92. The minimum atomic E-state index is -1.52. The van der Waals surface area contributed by atoms with E-state index in [0.29, 0.717) is 18.4 Å². The van der Waals surface area contributed by atoms with Crippen LogP contribution in [0.25, 0.3) is 0 Å². The maximum absolute atomic E-state index is 12.5. The molecule has 1 aromatic rings. The zero-order valence-corrected chi connectivity index (χ0v) is 12.7. The number of aliphatic carboxylic acids is 1. The zero-order chi connectivity index (χ0) is 16.6. The number of fused-ring (bicyclic) bond motifs is 2. The number of aliphatic hydroxyl groups excluding tert-OH is 2. The van der Waals surface area contributed by atoms with E-state index >= 15 is 0 Å². The van der Waals surface area contributed by atoms with Gasteiger partial charge in [-0.25, -0.2) is 4.79 Å². The molecule has 2 fully saturated rings. The van der Waals surface area contributed by atoms with Gasteiger partial charge in [0.05, 0.1) is 12.7 Å². The Morgan fingerprint density at radius 3 is 2.57 bits per heavy atom. The van der Waals surface area contributed by atoms with Crippen LogP contribution in [0.2, 0.25) is 0 Å². The van der Waals surface area contributed by atoms with Crippen LogP contribution in [-0.4, -0.2) is 45.4 Å². The van der Waals surface area contributed by atoms with Crippen LogP contribution >= 0.6 is 0 Å². The fourth-order valence-corrected chi connectivity index (χ4v) is 4.54. The van der Waals surface area contributed by atoms with Gasteiger partial charge in [-0.1, -0.05) is 18.2 Å². The molecule has 0 spiro atoms. The summed E-state index contributed by atoms with van der Waals surface area (Å²) in [5.74, 6) is -2.48. The summed E-state index contributed by atoms with van der Waals surface area (Å²) in [7, 11) is 0. The zero-order valence-electron chi connectivity index (χ0n) is 12.7. The molecule has 4 N–H and O–H groups in total. The standard InChI is InChI=1S/C17H21NO5/c19-9-13(20)14-11-6-7-12(8-11)17(14,16(22)23)18-15(21)10-4-2-1-3-5-10/h1-5,11-14,19-20H,6-9H2,(H,18,21)(H,22,23)/t11-,12+,13?,14-,17-/m0/s1. The first-order valence-corrected chi connectivity index (χ1v) is 7.90. The second-order valence-corrected chi connectivity index (χ2v) is 6.54. The molecule has 0 aliphatic heterocycles. The number of benzene rings is 1. The van der Waals surface area contributed by atoms with Gasteiger partial charge in [0.2, 0.25) is 0 Å². The first-order chi connectivity index (χ1) is 11.0. The fraction of sp³-hybridized carbons (Fsp3) is 0.529. The molecule has 6 nitrogen and oxygen atoms in total. The molecule has 5 atom stereocenters. The SMILES string of the molecule is O=C(N[C@@]1(C(=O)O)[C@@H]2CC[C@@H](C2)[C@H]1C(O)CO)c1ccccc1. The molecule has 124 valence electrons. The molecule has 0 radical (unpaired) electrons. The summed E-state index contributed by atoms with van der Waals surface area (Å²) < 4.78 is 0. The monoisotopic (exact) mass is 319 g/mol. The highest BCUT2D eigenvalue weighted by atomic mass is 16.4. The van der Waals surface area contributed by atoms with Gasteiger partial charge >= 0.3 is 5.97 Å². The third-order valence-corrected chi connectivity index (χ3v) is 5.46. The van der Waals surface area contributed by atoms with Gasteiger partial charge in [-0.05, 0) is 43.2 Å². The van der Waals surface area contributed by atoms with Gasteiger partial charge in [-0.3, -0.25) is 4.79 Å². The summed E-state index contributed by atoms with van der Waals surface area (Å²) in [6.07, 6.45) is 1.03. The Kier molecular flexibility index (Phi) is 4.12. The molecule has 6 heteroatoms. The summed E-state index contributed by atoms with van der Waals surface area (Å²) in [6, 6.07) is 8.44. The Bertz CT molecular complexity index is 604. The van der Waals surface area contributed by atoms with Crippen LogP contribution in [0, 0.1) is 17.8 Å². The smallest absolute Gasteiger partial charge is 0.330 e. The molecule has 3 rings (SSSR count). The number of amides is 1. The van der Waals surface area contributed by atoms with Crippen LogP contribution in [0.5, 0.6) is 0 Å². The lowest BCUT2D eigenvalue weighted by Gasteiger charge is -2.42. The average molecular weight is 319 g/mol. The molecule has 1 amide bonds. The van der Waals surface area contributed by atoms with Crippen molar-refractivity contribution in [3.63, 3.8) is 0 Å². The highest BCUT2D eigenvalue weighted by Crippen LogP contribution is 2.56. The maximum Gasteiger partial charge on any atom is 0.330 e. The van der Waals surface area contributed by atoms with Gasteiger partial charge in [0, 0.05) is 11.5 Å². The van der Waals surface area contributed by atoms with Gasteiger partial charge in [-0.2, -0.15) is 0 Å². The van der Waals surface area contributed by atoms with Crippen molar-refractivity contribution in [3.05, 3.63) is 35.9 Å². The minimum absolute atomic E-state index is 0.00863. The summed E-state index contributed by atoms with van der Waals surface area (Å²) >= 11 is 0. The Labute approximate surface area is 134 Å². The van der Waals surface area contributed by atoms with Gasteiger partial charge in [0.25, 0.3) is 5.91 Å². The third-order valence-electron chi connectivity index (χ3n) is 5.46. The lowest BCUT2D eigenvalue weighted by molar-refractivity contribution is -0.153. The first-order valence-electron chi connectivity index (χ1n) is 7.90. The molecule has 2 saturated carbocycles. The molecule has 0 saturated heterocycles. The van der Waals surface area contributed by atoms with E-state index in [2.05, 4.69) is 5.32 Å². The fourth-order valence-electron chi connectivity index (χ4n) is 4.54. The number of aliphatic hydroxyl groups is 2. The van der Waals surface area contributed by atoms with Crippen molar-refractivity contribution in [1.29, 1.82) is 0 Å². The molecular formula is C17H21NO5. The van der Waals surface area contributed by atoms with Crippen molar-refractivity contribution >= 4 is 11.9 Å². The maximum atomic E-state index is 12.5. The predicted molar refractivity (Wildman–Crippen MR) is 81.7 cm³/mol. The highest BCUT2D eigenvalue weighted by molar-refractivity contribution is 5.98. The Morgan fingerprint density at radius 2 is 1.96 bits per heavy atom. The third kappa shape index (κ3) is 2.42. The predicted octanol–water partition coefficient (Wildman–Crippen LogP) is 0.639. The molecule has 1 aromatic carbocycles. The second kappa shape index (κ2) is 5.94. The molecule has 0 heterocycles. The number of carbonyl (C=O) groups excluding carboxylic acids is 1. The van der Waals surface area contributed by atoms with Gasteiger partial charge < -0.3 is 20.6 Å². The van der Waals surface area contributed by atoms with Crippen molar-refractivity contribution in [3.8, 4) is 0 Å². The van der Waals surface area contributed by atoms with Crippen molar-refractivity contribution in [1.82, 2.24) is 5.32 Å². The molecule has 0 aromatic heterocycles. The number of nitrogens with one attached hydrogen (secondary N) is 1. The quantitative estimate of drug-likeness (QED) is 0.637. The number of hydrogen-bond acceptors (Lipinski definition) is 4. The van der Waals surface area contributed by atoms with E-state index in [4.69, 9.17) is 0 Å². The molecule has 2 aliphatic rings. The number of carboxylic acid groups (broad SMARTS) is 1. The van der Waals surface area contributed by atoms with Crippen LogP contribution in [0.1, 0.15) is 29.6 Å². The van der Waals surface area contributed by atoms with E-state index in [1.54, 1.807) is 30.3 Å². The van der Waals surface area contributed by atoms with Gasteiger partial charge in [0.1, 0.15) is 5.54 Å². The van der Waals surface area contributed by atoms with Crippen molar-refractivity contribution in [2.24, 2.45) is 17.8 Å². The molecule has 1 unspecified atom stereocenters. The number of carbonyl (C=O) groups is 2. The number of carboxylic acids is 1. The minimum Gasteiger partial charge on any atom is -0.479 e. The normalized spacial score (nSPS) is 33.4. The van der Waals surface area contributed by atoms with Crippen molar-refractivity contribution in [2.45, 2.75) is 30.9 Å². The van der Waals surface area contributed by atoms with E-state index in [1.807, 2.05) is 0 Å². The molecule has 2 bridgehead atoms. The summed E-state index contributed by atoms with van der Waals surface area (Å²) in [6.45, 7) is -0.510. The van der Waals surface area contributed by atoms with Crippen LogP contribution in [0.4, 0.5) is 0 Å². The molecular weight excluding hydrogens is 298 g/mol. The lowest BCUT2D eigenvalue weighted by atomic mass is 9.70. The Morgan fingerprint density at radius 1 is 1.26 bits per heavy atom. The summed E-state index contributed by atoms with van der Waals surface area (Å²) in [4.78, 5) is 24.6. The van der Waals surface area contributed by atoms with Crippen LogP contribution in [0.15, 0.2) is 30.3 Å². The van der Waals surface area contributed by atoms with Crippen molar-refractivity contribution < 1.29 is 24.9 Å². The van der Waals surface area contributed by atoms with Crippen LogP contribution in [-0.2, 0) is 4.79 Å². The lowest BCUT2D eigenvalue weighted by Crippen LogP contribution is -2.65. The molecule has 2 aliphatic carbocycles. The van der Waals surface area contributed by atoms with Gasteiger partial charge in [-0.15, -0.1) is 0 Å². The Balaban J connectivity index is 1.96. The number of hydrogen-bond donors (Lipinski definition) is 4. The van der Waals surface area contributed by atoms with E-state index < -0.39 is 36.0 Å². The summed E-state index contributed by atoms with van der Waals surface area (Å²) in [5, 5.41) is 32.1. The van der Waals surface area contributed by atoms with Crippen LogP contribution in [0.3, 0.4) is 0 Å². The topological polar surface area (TPSA) is 107 Å².